The first kappa shape index (κ1) is 13.4. The van der Waals surface area contributed by atoms with Crippen molar-refractivity contribution >= 4 is 17.6 Å². The molecule has 1 fully saturated rings. The molecule has 1 aromatic carbocycles. The summed E-state index contributed by atoms with van der Waals surface area (Å²) in [6.07, 6.45) is 2.31. The number of rotatable bonds is 4. The Morgan fingerprint density at radius 1 is 1.42 bits per heavy atom. The van der Waals surface area contributed by atoms with Gasteiger partial charge in [0, 0.05) is 5.69 Å². The van der Waals surface area contributed by atoms with E-state index in [0.29, 0.717) is 24.1 Å². The molecule has 0 atom stereocenters. The Kier molecular flexibility index (Phi) is 3.46. The maximum absolute atomic E-state index is 12.2. The molecule has 5 nitrogen and oxygen atoms in total. The van der Waals surface area contributed by atoms with Crippen molar-refractivity contribution in [2.45, 2.75) is 38.1 Å². The number of carboxylic acid groups (broad SMARTS) is 1. The third-order valence-electron chi connectivity index (χ3n) is 3.63. The van der Waals surface area contributed by atoms with E-state index in [1.54, 1.807) is 12.1 Å². The maximum Gasteiger partial charge on any atom is 0.305 e. The van der Waals surface area contributed by atoms with Crippen LogP contribution in [-0.2, 0) is 4.79 Å². The van der Waals surface area contributed by atoms with Crippen molar-refractivity contribution in [3.63, 3.8) is 0 Å². The average Bonchev–Trinajstić information content (AvgIpc) is 2.28. The molecule has 0 heterocycles. The predicted octanol–water partition coefficient (Wildman–Crippen LogP) is 1.70. The van der Waals surface area contributed by atoms with Gasteiger partial charge in [0.15, 0.2) is 0 Å². The van der Waals surface area contributed by atoms with Crippen molar-refractivity contribution < 1.29 is 14.7 Å². The molecule has 1 saturated carbocycles. The Bertz CT molecular complexity index is 521. The minimum absolute atomic E-state index is 0.0372. The largest absolute Gasteiger partial charge is 0.481 e. The summed E-state index contributed by atoms with van der Waals surface area (Å²) in [5.74, 6) is -1.18. The number of nitrogens with two attached hydrogens (primary N) is 1. The molecule has 1 amide bonds. The zero-order valence-corrected chi connectivity index (χ0v) is 10.9. The van der Waals surface area contributed by atoms with Gasteiger partial charge in [-0.2, -0.15) is 0 Å². The lowest BCUT2D eigenvalue weighted by molar-refractivity contribution is -0.139. The van der Waals surface area contributed by atoms with E-state index in [1.807, 2.05) is 13.0 Å². The second-order valence-corrected chi connectivity index (χ2v) is 5.25. The standard InChI is InChI=1S/C14H18N2O3/c1-9-3-4-11(15)10(7-9)13(19)16-14(5-2-6-14)8-12(17)18/h3-4,7H,2,5-6,8,15H2,1H3,(H,16,19)(H,17,18). The molecule has 102 valence electrons. The number of hydrogen-bond acceptors (Lipinski definition) is 3. The van der Waals surface area contributed by atoms with Crippen LogP contribution < -0.4 is 11.1 Å². The molecule has 0 aliphatic heterocycles. The van der Waals surface area contributed by atoms with Gasteiger partial charge in [0.1, 0.15) is 0 Å². The molecular formula is C14H18N2O3. The number of nitrogen functional groups attached to an aromatic ring is 1. The Hall–Kier alpha value is -2.04. The van der Waals surface area contributed by atoms with Gasteiger partial charge in [0.05, 0.1) is 17.5 Å². The van der Waals surface area contributed by atoms with Gasteiger partial charge in [-0.15, -0.1) is 0 Å². The van der Waals surface area contributed by atoms with E-state index in [0.717, 1.165) is 12.0 Å². The molecule has 19 heavy (non-hydrogen) atoms. The summed E-state index contributed by atoms with van der Waals surface area (Å²) in [7, 11) is 0. The first-order valence-corrected chi connectivity index (χ1v) is 6.32. The van der Waals surface area contributed by atoms with Crippen LogP contribution in [0.4, 0.5) is 5.69 Å². The number of aliphatic carboxylic acids is 1. The minimum Gasteiger partial charge on any atom is -0.481 e. The molecule has 5 heteroatoms. The van der Waals surface area contributed by atoms with E-state index >= 15 is 0 Å². The molecule has 4 N–H and O–H groups in total. The number of carbonyl (C=O) groups excluding carboxylic acids is 1. The highest BCUT2D eigenvalue weighted by atomic mass is 16.4. The highest BCUT2D eigenvalue weighted by Crippen LogP contribution is 2.35. The number of hydrogen-bond donors (Lipinski definition) is 3. The van der Waals surface area contributed by atoms with Crippen LogP contribution in [-0.4, -0.2) is 22.5 Å². The molecule has 0 bridgehead atoms. The quantitative estimate of drug-likeness (QED) is 0.720. The topological polar surface area (TPSA) is 92.4 Å². The fraction of sp³-hybridized carbons (Fsp3) is 0.429. The molecule has 0 radical (unpaired) electrons. The van der Waals surface area contributed by atoms with Gasteiger partial charge in [-0.05, 0) is 38.3 Å². The van der Waals surface area contributed by atoms with E-state index in [1.165, 1.54) is 0 Å². The molecule has 2 rings (SSSR count). The lowest BCUT2D eigenvalue weighted by Gasteiger charge is -2.41. The van der Waals surface area contributed by atoms with Gasteiger partial charge in [-0.1, -0.05) is 11.6 Å². The molecule has 0 spiro atoms. The second-order valence-electron chi connectivity index (χ2n) is 5.25. The molecule has 0 unspecified atom stereocenters. The van der Waals surface area contributed by atoms with Gasteiger partial charge < -0.3 is 16.2 Å². The Balaban J connectivity index is 2.16. The smallest absolute Gasteiger partial charge is 0.305 e. The van der Waals surface area contributed by atoms with E-state index in [-0.39, 0.29) is 12.3 Å². The fourth-order valence-electron chi connectivity index (χ4n) is 2.41. The van der Waals surface area contributed by atoms with Crippen molar-refractivity contribution in [3.05, 3.63) is 29.3 Å². The van der Waals surface area contributed by atoms with Crippen LogP contribution in [0.15, 0.2) is 18.2 Å². The van der Waals surface area contributed by atoms with Gasteiger partial charge in [0.25, 0.3) is 5.91 Å². The van der Waals surface area contributed by atoms with Crippen LogP contribution in [0.5, 0.6) is 0 Å². The number of carboxylic acids is 1. The zero-order valence-electron chi connectivity index (χ0n) is 10.9. The van der Waals surface area contributed by atoms with Crippen molar-refractivity contribution in [1.82, 2.24) is 5.32 Å². The Labute approximate surface area is 111 Å². The lowest BCUT2D eigenvalue weighted by atomic mass is 9.74. The predicted molar refractivity (Wildman–Crippen MR) is 71.9 cm³/mol. The minimum atomic E-state index is -0.891. The monoisotopic (exact) mass is 262 g/mol. The highest BCUT2D eigenvalue weighted by molar-refractivity contribution is 6.00. The first-order valence-electron chi connectivity index (χ1n) is 6.32. The summed E-state index contributed by atoms with van der Waals surface area (Å²) in [6.45, 7) is 1.88. The number of anilines is 1. The first-order chi connectivity index (χ1) is 8.92. The summed E-state index contributed by atoms with van der Waals surface area (Å²) in [5, 5.41) is 11.8. The van der Waals surface area contributed by atoms with Gasteiger partial charge in [-0.3, -0.25) is 9.59 Å². The zero-order chi connectivity index (χ0) is 14.0. The van der Waals surface area contributed by atoms with Crippen LogP contribution in [0.25, 0.3) is 0 Å². The molecule has 1 aliphatic carbocycles. The Morgan fingerprint density at radius 2 is 2.11 bits per heavy atom. The van der Waals surface area contributed by atoms with E-state index in [2.05, 4.69) is 5.32 Å². The SMILES string of the molecule is Cc1ccc(N)c(C(=O)NC2(CC(=O)O)CCC2)c1. The summed E-state index contributed by atoms with van der Waals surface area (Å²) < 4.78 is 0. The summed E-state index contributed by atoms with van der Waals surface area (Å²) in [5.41, 5.74) is 6.96. The fourth-order valence-corrected chi connectivity index (χ4v) is 2.41. The van der Waals surface area contributed by atoms with Crippen molar-refractivity contribution in [2.24, 2.45) is 0 Å². The summed E-state index contributed by atoms with van der Waals surface area (Å²) in [6, 6.07) is 5.25. The average molecular weight is 262 g/mol. The summed E-state index contributed by atoms with van der Waals surface area (Å²) in [4.78, 5) is 23.1. The van der Waals surface area contributed by atoms with E-state index in [9.17, 15) is 9.59 Å². The normalized spacial score (nSPS) is 16.5. The van der Waals surface area contributed by atoms with Crippen molar-refractivity contribution in [1.29, 1.82) is 0 Å². The van der Waals surface area contributed by atoms with Crippen LogP contribution in [0, 0.1) is 6.92 Å². The van der Waals surface area contributed by atoms with Crippen molar-refractivity contribution in [2.75, 3.05) is 5.73 Å². The molecule has 0 aromatic heterocycles. The maximum atomic E-state index is 12.2. The number of benzene rings is 1. The molecule has 1 aromatic rings. The number of aryl methyl sites for hydroxylation is 1. The second kappa shape index (κ2) is 4.91. The van der Waals surface area contributed by atoms with Gasteiger partial charge in [0.2, 0.25) is 0 Å². The summed E-state index contributed by atoms with van der Waals surface area (Å²) >= 11 is 0. The van der Waals surface area contributed by atoms with Gasteiger partial charge >= 0.3 is 5.97 Å². The number of nitrogens with one attached hydrogen (secondary N) is 1. The molecule has 1 aliphatic rings. The highest BCUT2D eigenvalue weighted by Gasteiger charge is 2.40. The van der Waals surface area contributed by atoms with Crippen LogP contribution in [0.2, 0.25) is 0 Å². The van der Waals surface area contributed by atoms with Gasteiger partial charge in [-0.25, -0.2) is 0 Å². The van der Waals surface area contributed by atoms with Crippen LogP contribution in [0.3, 0.4) is 0 Å². The Morgan fingerprint density at radius 3 is 2.63 bits per heavy atom. The molecule has 0 saturated heterocycles. The van der Waals surface area contributed by atoms with Crippen LogP contribution in [0.1, 0.15) is 41.6 Å². The third-order valence-corrected chi connectivity index (χ3v) is 3.63. The van der Waals surface area contributed by atoms with Crippen LogP contribution >= 0.6 is 0 Å². The number of carbonyl (C=O) groups is 2. The van der Waals surface area contributed by atoms with E-state index in [4.69, 9.17) is 10.8 Å². The molecular weight excluding hydrogens is 244 g/mol. The number of amides is 1. The third kappa shape index (κ3) is 2.86. The van der Waals surface area contributed by atoms with E-state index < -0.39 is 11.5 Å². The lowest BCUT2D eigenvalue weighted by Crippen LogP contribution is -2.54. The van der Waals surface area contributed by atoms with Crippen molar-refractivity contribution in [3.8, 4) is 0 Å².